The Bertz CT molecular complexity index is 999. The van der Waals surface area contributed by atoms with Crippen LogP contribution in [-0.2, 0) is 0 Å². The summed E-state index contributed by atoms with van der Waals surface area (Å²) in [5, 5.41) is 40.7. The Kier molecular flexibility index (Phi) is 7.93. The molecular formula is C22H20Br2N2O4. The molecule has 0 aliphatic heterocycles. The number of nitrogens with one attached hydrogen (secondary N) is 2. The molecule has 156 valence electrons. The number of rotatable bonds is 7. The maximum Gasteiger partial charge on any atom is 0.177 e. The highest BCUT2D eigenvalue weighted by atomic mass is 79.9. The van der Waals surface area contributed by atoms with Crippen molar-refractivity contribution in [1.29, 1.82) is 0 Å². The Morgan fingerprint density at radius 1 is 0.733 bits per heavy atom. The smallest absolute Gasteiger partial charge is 0.177 e. The third kappa shape index (κ3) is 5.42. The second-order valence-electron chi connectivity index (χ2n) is 6.60. The van der Waals surface area contributed by atoms with Crippen molar-refractivity contribution in [3.8, 4) is 0 Å². The summed E-state index contributed by atoms with van der Waals surface area (Å²) in [6, 6.07) is 21.9. The molecule has 3 aromatic rings. The van der Waals surface area contributed by atoms with Crippen molar-refractivity contribution in [2.24, 2.45) is 0 Å². The lowest BCUT2D eigenvalue weighted by molar-refractivity contribution is -0.996. The topological polar surface area (TPSA) is 95.5 Å². The van der Waals surface area contributed by atoms with Crippen LogP contribution in [0.15, 0.2) is 72.8 Å². The molecule has 3 aromatic carbocycles. The van der Waals surface area contributed by atoms with E-state index in [-0.39, 0.29) is 16.2 Å². The monoisotopic (exact) mass is 534 g/mol. The minimum absolute atomic E-state index is 0.0495. The summed E-state index contributed by atoms with van der Waals surface area (Å²) in [4.78, 5) is -0.601. The van der Waals surface area contributed by atoms with Gasteiger partial charge in [-0.05, 0) is 23.3 Å². The van der Waals surface area contributed by atoms with E-state index in [4.69, 9.17) is 0 Å². The van der Waals surface area contributed by atoms with Gasteiger partial charge >= 0.3 is 0 Å². The zero-order valence-electron chi connectivity index (χ0n) is 15.7. The van der Waals surface area contributed by atoms with Gasteiger partial charge in [0.1, 0.15) is 0 Å². The van der Waals surface area contributed by atoms with Gasteiger partial charge < -0.3 is 10.4 Å². The molecule has 4 atom stereocenters. The maximum atomic E-state index is 11.9. The molecule has 3 rings (SSSR count). The highest BCUT2D eigenvalue weighted by Gasteiger charge is 2.27. The van der Waals surface area contributed by atoms with Crippen LogP contribution in [0.25, 0.3) is 12.2 Å². The van der Waals surface area contributed by atoms with E-state index < -0.39 is 15.3 Å². The van der Waals surface area contributed by atoms with Crippen LogP contribution in [0.5, 0.6) is 0 Å². The van der Waals surface area contributed by atoms with E-state index in [0.717, 1.165) is 11.1 Å². The van der Waals surface area contributed by atoms with Crippen molar-refractivity contribution in [3.63, 3.8) is 0 Å². The van der Waals surface area contributed by atoms with E-state index >= 15 is 0 Å². The largest absolute Gasteiger partial charge is 0.595 e. The summed E-state index contributed by atoms with van der Waals surface area (Å²) < 4.78 is 0. The predicted molar refractivity (Wildman–Crippen MR) is 123 cm³/mol. The molecule has 4 N–H and O–H groups in total. The normalized spacial score (nSPS) is 15.7. The lowest BCUT2D eigenvalue weighted by Gasteiger charge is -2.24. The molecule has 8 heteroatoms. The van der Waals surface area contributed by atoms with Gasteiger partial charge in [0, 0.05) is 11.1 Å². The van der Waals surface area contributed by atoms with Crippen LogP contribution in [0.1, 0.15) is 31.9 Å². The Balaban J connectivity index is 2.08. The van der Waals surface area contributed by atoms with Gasteiger partial charge in [0.25, 0.3) is 0 Å². The standard InChI is InChI=1S/C22H20Br2N2O4/c23-21(16-9-5-2-6-10-16)22(24)18-13-17(12-11-15-7-3-1-4-8-15)19(25(27)28)14-20(18)26(29)30/h1-14,21-22,25-27,29H/t21-,22-/m1/s1. The number of quaternary nitrogens is 2. The molecule has 0 saturated carbocycles. The van der Waals surface area contributed by atoms with E-state index in [2.05, 4.69) is 31.9 Å². The highest BCUT2D eigenvalue weighted by molar-refractivity contribution is 9.12. The van der Waals surface area contributed by atoms with Crippen molar-refractivity contribution in [3.05, 3.63) is 105 Å². The molecule has 6 nitrogen and oxygen atoms in total. The van der Waals surface area contributed by atoms with Gasteiger partial charge in [-0.1, -0.05) is 98.6 Å². The number of hydrogen-bond acceptors (Lipinski definition) is 4. The van der Waals surface area contributed by atoms with Crippen molar-refractivity contribution < 1.29 is 20.9 Å². The van der Waals surface area contributed by atoms with Crippen LogP contribution in [0, 0.1) is 10.4 Å². The van der Waals surface area contributed by atoms with Gasteiger partial charge in [0.05, 0.1) is 15.7 Å². The minimum Gasteiger partial charge on any atom is -0.595 e. The first-order chi connectivity index (χ1) is 14.4. The van der Waals surface area contributed by atoms with Crippen LogP contribution in [0.4, 0.5) is 11.4 Å². The van der Waals surface area contributed by atoms with Crippen LogP contribution in [0.3, 0.4) is 0 Å². The van der Waals surface area contributed by atoms with Gasteiger partial charge in [-0.15, -0.1) is 0 Å². The summed E-state index contributed by atoms with van der Waals surface area (Å²) in [5.74, 6) is 0. The first-order valence-electron chi connectivity index (χ1n) is 9.09. The van der Waals surface area contributed by atoms with Crippen LogP contribution < -0.4 is 10.5 Å². The molecule has 0 heterocycles. The first kappa shape index (κ1) is 22.8. The van der Waals surface area contributed by atoms with E-state index in [9.17, 15) is 20.8 Å². The Hall–Kier alpha value is -1.88. The van der Waals surface area contributed by atoms with Crippen molar-refractivity contribution in [2.75, 3.05) is 0 Å². The number of alkyl halides is 2. The second-order valence-corrected chi connectivity index (χ2v) is 8.57. The molecule has 2 unspecified atom stereocenters. The Morgan fingerprint density at radius 3 is 1.87 bits per heavy atom. The maximum absolute atomic E-state index is 11.9. The van der Waals surface area contributed by atoms with Gasteiger partial charge in [-0.3, -0.25) is 0 Å². The summed E-state index contributed by atoms with van der Waals surface area (Å²) in [6.45, 7) is 0. The molecule has 0 amide bonds. The lowest BCUT2D eigenvalue weighted by Crippen LogP contribution is -3.01. The lowest BCUT2D eigenvalue weighted by atomic mass is 9.98. The SMILES string of the molecule is [O-][NH+](O)c1cc([NH+]([O-])O)c([C@@H](Br)[C@H](Br)c2ccccc2)cc1C=Cc1ccccc1. The minimum atomic E-state index is -1.18. The van der Waals surface area contributed by atoms with E-state index in [1.54, 1.807) is 18.2 Å². The average molecular weight is 536 g/mol. The molecule has 0 radical (unpaired) electrons. The summed E-state index contributed by atoms with van der Waals surface area (Å²) >= 11 is 7.26. The number of hydrogen-bond donors (Lipinski definition) is 4. The summed E-state index contributed by atoms with van der Waals surface area (Å²) in [6.07, 6.45) is 3.50. The van der Waals surface area contributed by atoms with Gasteiger partial charge in [0.15, 0.2) is 11.4 Å². The predicted octanol–water partition coefficient (Wildman–Crippen LogP) is 4.24. The molecule has 30 heavy (non-hydrogen) atoms. The number of benzene rings is 3. The van der Waals surface area contributed by atoms with Crippen molar-refractivity contribution in [1.82, 2.24) is 0 Å². The van der Waals surface area contributed by atoms with E-state index in [1.165, 1.54) is 6.07 Å². The molecular weight excluding hydrogens is 516 g/mol. The second kappa shape index (κ2) is 10.4. The van der Waals surface area contributed by atoms with Crippen molar-refractivity contribution >= 4 is 55.4 Å². The number of halogens is 2. The Morgan fingerprint density at radius 2 is 1.30 bits per heavy atom. The van der Waals surface area contributed by atoms with E-state index in [1.807, 2.05) is 60.7 Å². The van der Waals surface area contributed by atoms with E-state index in [0.29, 0.717) is 11.1 Å². The zero-order valence-corrected chi connectivity index (χ0v) is 18.9. The average Bonchev–Trinajstić information content (AvgIpc) is 2.77. The Labute approximate surface area is 191 Å². The summed E-state index contributed by atoms with van der Waals surface area (Å²) in [5.41, 5.74) is 2.70. The molecule has 0 spiro atoms. The van der Waals surface area contributed by atoms with Crippen LogP contribution >= 0.6 is 31.9 Å². The molecule has 0 aromatic heterocycles. The van der Waals surface area contributed by atoms with Crippen molar-refractivity contribution in [2.45, 2.75) is 9.65 Å². The first-order valence-corrected chi connectivity index (χ1v) is 10.9. The fraction of sp³-hybridized carbons (Fsp3) is 0.0909. The fourth-order valence-corrected chi connectivity index (χ4v) is 4.36. The molecule has 0 saturated heterocycles. The quantitative estimate of drug-likeness (QED) is 0.207. The molecule has 0 bridgehead atoms. The third-order valence-corrected chi connectivity index (χ3v) is 7.40. The molecule has 0 aliphatic rings. The summed E-state index contributed by atoms with van der Waals surface area (Å²) in [7, 11) is 0. The van der Waals surface area contributed by atoms with Crippen LogP contribution in [0.2, 0.25) is 0 Å². The van der Waals surface area contributed by atoms with Gasteiger partial charge in [-0.25, -0.2) is 10.4 Å². The van der Waals surface area contributed by atoms with Gasteiger partial charge in [0.2, 0.25) is 0 Å². The highest BCUT2D eigenvalue weighted by Crippen LogP contribution is 2.45. The van der Waals surface area contributed by atoms with Crippen LogP contribution in [-0.4, -0.2) is 10.4 Å². The fourth-order valence-electron chi connectivity index (χ4n) is 3.08. The molecule has 0 fully saturated rings. The van der Waals surface area contributed by atoms with Gasteiger partial charge in [-0.2, -0.15) is 10.5 Å². The third-order valence-electron chi connectivity index (χ3n) is 4.61. The molecule has 0 aliphatic carbocycles. The zero-order chi connectivity index (χ0) is 21.7.